The summed E-state index contributed by atoms with van der Waals surface area (Å²) < 4.78 is 30.3. The molecule has 0 atom stereocenters. The molecule has 0 radical (unpaired) electrons. The smallest absolute Gasteiger partial charge is 0.288 e. The second-order valence-electron chi connectivity index (χ2n) is 4.91. The standard InChI is InChI=1S/C12H15N3O3S3/c16-21(17)7-2-4-14(5-8-21)9-15-12(19)18-11(13-15)10-3-1-6-20-10/h1,3,6H,2,4-5,7-9H2. The molecule has 9 heteroatoms. The Morgan fingerprint density at radius 2 is 2.24 bits per heavy atom. The zero-order chi connectivity index (χ0) is 14.9. The SMILES string of the molecule is O=S1(=O)CCCN(Cn2nc(-c3cccs3)oc2=S)CC1. The van der Waals surface area contributed by atoms with E-state index < -0.39 is 9.84 Å². The number of hydrogen-bond donors (Lipinski definition) is 0. The van der Waals surface area contributed by atoms with Gasteiger partial charge in [0.1, 0.15) is 0 Å². The van der Waals surface area contributed by atoms with E-state index in [0.29, 0.717) is 30.4 Å². The predicted molar refractivity (Wildman–Crippen MR) is 83.5 cm³/mol. The van der Waals surface area contributed by atoms with E-state index in [1.54, 1.807) is 4.68 Å². The molecule has 6 nitrogen and oxygen atoms in total. The highest BCUT2D eigenvalue weighted by molar-refractivity contribution is 7.91. The first-order valence-electron chi connectivity index (χ1n) is 6.58. The summed E-state index contributed by atoms with van der Waals surface area (Å²) in [5.41, 5.74) is 0. The normalized spacial score (nSPS) is 19.4. The average Bonchev–Trinajstić information content (AvgIpc) is 3.02. The van der Waals surface area contributed by atoms with Crippen LogP contribution < -0.4 is 0 Å². The van der Waals surface area contributed by atoms with E-state index in [1.807, 2.05) is 22.4 Å². The third kappa shape index (κ3) is 3.60. The van der Waals surface area contributed by atoms with Gasteiger partial charge in [-0.2, -0.15) is 0 Å². The second kappa shape index (κ2) is 5.99. The van der Waals surface area contributed by atoms with Gasteiger partial charge in [-0.15, -0.1) is 16.4 Å². The molecule has 0 saturated carbocycles. The molecule has 3 rings (SSSR count). The van der Waals surface area contributed by atoms with Gasteiger partial charge in [0.05, 0.1) is 23.1 Å². The molecule has 0 spiro atoms. The van der Waals surface area contributed by atoms with Crippen molar-refractivity contribution >= 4 is 33.4 Å². The molecule has 2 aromatic rings. The molecule has 1 aliphatic rings. The van der Waals surface area contributed by atoms with E-state index in [-0.39, 0.29) is 11.5 Å². The maximum absolute atomic E-state index is 11.6. The van der Waals surface area contributed by atoms with Crippen LogP contribution >= 0.6 is 23.6 Å². The first-order valence-corrected chi connectivity index (χ1v) is 9.69. The highest BCUT2D eigenvalue weighted by Crippen LogP contribution is 2.23. The molecular formula is C12H15N3O3S3. The van der Waals surface area contributed by atoms with Crippen molar-refractivity contribution in [1.29, 1.82) is 0 Å². The maximum Gasteiger partial charge on any atom is 0.288 e. The van der Waals surface area contributed by atoms with Gasteiger partial charge in [-0.3, -0.25) is 4.90 Å². The molecule has 3 heterocycles. The van der Waals surface area contributed by atoms with Crippen LogP contribution in [0, 0.1) is 4.84 Å². The molecule has 0 aliphatic carbocycles. The highest BCUT2D eigenvalue weighted by Gasteiger charge is 2.20. The maximum atomic E-state index is 11.6. The fourth-order valence-electron chi connectivity index (χ4n) is 2.22. The van der Waals surface area contributed by atoms with Crippen LogP contribution in [0.25, 0.3) is 10.8 Å². The van der Waals surface area contributed by atoms with Crippen LogP contribution in [0.2, 0.25) is 0 Å². The van der Waals surface area contributed by atoms with Gasteiger partial charge in [-0.05, 0) is 30.1 Å². The Morgan fingerprint density at radius 3 is 3.00 bits per heavy atom. The van der Waals surface area contributed by atoms with Crippen molar-refractivity contribution in [1.82, 2.24) is 14.7 Å². The van der Waals surface area contributed by atoms with Crippen molar-refractivity contribution in [3.05, 3.63) is 22.4 Å². The molecule has 21 heavy (non-hydrogen) atoms. The average molecular weight is 345 g/mol. The van der Waals surface area contributed by atoms with Crippen molar-refractivity contribution in [2.45, 2.75) is 13.1 Å². The zero-order valence-electron chi connectivity index (χ0n) is 11.3. The molecule has 0 aromatic carbocycles. The summed E-state index contributed by atoms with van der Waals surface area (Å²) in [4.78, 5) is 3.28. The van der Waals surface area contributed by atoms with Gasteiger partial charge < -0.3 is 4.42 Å². The lowest BCUT2D eigenvalue weighted by atomic mass is 10.4. The van der Waals surface area contributed by atoms with Crippen molar-refractivity contribution in [3.8, 4) is 10.8 Å². The quantitative estimate of drug-likeness (QED) is 0.793. The molecule has 1 saturated heterocycles. The Balaban J connectivity index is 1.75. The van der Waals surface area contributed by atoms with Gasteiger partial charge in [-0.1, -0.05) is 6.07 Å². The van der Waals surface area contributed by atoms with Crippen LogP contribution in [-0.2, 0) is 16.5 Å². The van der Waals surface area contributed by atoms with Crippen LogP contribution in [-0.4, -0.2) is 47.7 Å². The van der Waals surface area contributed by atoms with E-state index in [9.17, 15) is 8.42 Å². The summed E-state index contributed by atoms with van der Waals surface area (Å²) in [5, 5.41) is 6.33. The zero-order valence-corrected chi connectivity index (χ0v) is 13.7. The monoisotopic (exact) mass is 345 g/mol. The second-order valence-corrected chi connectivity index (χ2v) is 8.52. The number of rotatable bonds is 3. The van der Waals surface area contributed by atoms with E-state index >= 15 is 0 Å². The molecule has 114 valence electrons. The Labute approximate surface area is 131 Å². The van der Waals surface area contributed by atoms with Crippen molar-refractivity contribution < 1.29 is 12.8 Å². The fraction of sp³-hybridized carbons (Fsp3) is 0.500. The third-order valence-corrected chi connectivity index (χ3v) is 6.19. The minimum absolute atomic E-state index is 0.190. The summed E-state index contributed by atoms with van der Waals surface area (Å²) in [7, 11) is -2.90. The lowest BCUT2D eigenvalue weighted by Gasteiger charge is -2.17. The Kier molecular flexibility index (Phi) is 4.25. The first kappa shape index (κ1) is 14.9. The van der Waals surface area contributed by atoms with Crippen molar-refractivity contribution in [3.63, 3.8) is 0 Å². The van der Waals surface area contributed by atoms with E-state index in [0.717, 1.165) is 11.4 Å². The van der Waals surface area contributed by atoms with Gasteiger partial charge in [0.2, 0.25) is 0 Å². The van der Waals surface area contributed by atoms with Crippen LogP contribution in [0.3, 0.4) is 0 Å². The lowest BCUT2D eigenvalue weighted by molar-refractivity contribution is 0.218. The fourth-order valence-corrected chi connectivity index (χ4v) is 4.35. The summed E-state index contributed by atoms with van der Waals surface area (Å²) >= 11 is 6.73. The molecule has 0 unspecified atom stereocenters. The number of nitrogens with zero attached hydrogens (tertiary/aromatic N) is 3. The predicted octanol–water partition coefficient (Wildman–Crippen LogP) is 2.01. The number of thiophene rings is 1. The van der Waals surface area contributed by atoms with Gasteiger partial charge >= 0.3 is 0 Å². The van der Waals surface area contributed by atoms with Gasteiger partial charge in [0, 0.05) is 13.1 Å². The molecule has 1 aliphatic heterocycles. The van der Waals surface area contributed by atoms with Crippen LogP contribution in [0.4, 0.5) is 0 Å². The molecule has 2 aromatic heterocycles. The lowest BCUT2D eigenvalue weighted by Crippen LogP contribution is -2.30. The van der Waals surface area contributed by atoms with E-state index in [2.05, 4.69) is 5.10 Å². The van der Waals surface area contributed by atoms with Crippen LogP contribution in [0.15, 0.2) is 21.9 Å². The minimum Gasteiger partial charge on any atom is -0.408 e. The van der Waals surface area contributed by atoms with Crippen LogP contribution in [0.5, 0.6) is 0 Å². The number of aromatic nitrogens is 2. The summed E-state index contributed by atoms with van der Waals surface area (Å²) in [5.74, 6) is 0.960. The minimum atomic E-state index is -2.90. The van der Waals surface area contributed by atoms with Crippen LogP contribution in [0.1, 0.15) is 6.42 Å². The van der Waals surface area contributed by atoms with Gasteiger partial charge in [-0.25, -0.2) is 13.1 Å². The molecule has 1 fully saturated rings. The summed E-state index contributed by atoms with van der Waals surface area (Å²) in [6, 6.07) is 3.85. The van der Waals surface area contributed by atoms with Gasteiger partial charge in [0.25, 0.3) is 10.7 Å². The van der Waals surface area contributed by atoms with E-state index in [4.69, 9.17) is 16.6 Å². The number of sulfone groups is 1. The Morgan fingerprint density at radius 1 is 1.38 bits per heavy atom. The third-order valence-electron chi connectivity index (χ3n) is 3.32. The van der Waals surface area contributed by atoms with Crippen molar-refractivity contribution in [2.75, 3.05) is 24.6 Å². The molecule has 0 N–H and O–H groups in total. The molecule has 0 amide bonds. The highest BCUT2D eigenvalue weighted by atomic mass is 32.2. The molecule has 0 bridgehead atoms. The topological polar surface area (TPSA) is 68.3 Å². The summed E-state index contributed by atoms with van der Waals surface area (Å²) in [6.45, 7) is 1.69. The largest absolute Gasteiger partial charge is 0.408 e. The molecular weight excluding hydrogens is 330 g/mol. The van der Waals surface area contributed by atoms with Crippen molar-refractivity contribution in [2.24, 2.45) is 0 Å². The summed E-state index contributed by atoms with van der Waals surface area (Å²) in [6.07, 6.45) is 0.644. The first-order chi connectivity index (χ1) is 10.0. The Hall–Kier alpha value is -1.03. The van der Waals surface area contributed by atoms with Gasteiger partial charge in [0.15, 0.2) is 9.84 Å². The van der Waals surface area contributed by atoms with E-state index in [1.165, 1.54) is 11.3 Å². The number of hydrogen-bond acceptors (Lipinski definition) is 7. The Bertz CT molecular complexity index is 761.